The van der Waals surface area contributed by atoms with E-state index in [1.54, 1.807) is 11.0 Å². The summed E-state index contributed by atoms with van der Waals surface area (Å²) in [6.07, 6.45) is 3.31. The molecule has 4 heterocycles. The minimum absolute atomic E-state index is 0. The van der Waals surface area contributed by atoms with Gasteiger partial charge in [0.25, 0.3) is 11.8 Å². The lowest BCUT2D eigenvalue weighted by atomic mass is 9.76. The fraction of sp³-hybridized carbons (Fsp3) is 0.533. The number of aliphatic hydroxyl groups is 1. The van der Waals surface area contributed by atoms with Crippen LogP contribution in [0, 0.1) is 0 Å². The van der Waals surface area contributed by atoms with Gasteiger partial charge in [0.2, 0.25) is 0 Å². The van der Waals surface area contributed by atoms with E-state index in [-0.39, 0.29) is 47.8 Å². The molecule has 4 aliphatic heterocycles. The Morgan fingerprint density at radius 2 is 1.82 bits per heavy atom. The van der Waals surface area contributed by atoms with Crippen LogP contribution < -0.4 is 10.6 Å². The van der Waals surface area contributed by atoms with Crippen LogP contribution in [0.1, 0.15) is 70.5 Å². The molecule has 2 amide bonds. The highest BCUT2D eigenvalue weighted by atomic mass is 35.5. The molecule has 0 unspecified atom stereocenters. The van der Waals surface area contributed by atoms with E-state index in [2.05, 4.69) is 36.6 Å². The third kappa shape index (κ3) is 4.86. The minimum Gasteiger partial charge on any atom is -0.390 e. The lowest BCUT2D eigenvalue weighted by Crippen LogP contribution is -2.62. The molecule has 1 spiro atoms. The number of β-amino-alcohol motifs (C(OH)–C–C–N with tert-alkyl or cyclic N) is 1. The molecule has 0 radical (unpaired) electrons. The van der Waals surface area contributed by atoms with Gasteiger partial charge in [0.05, 0.1) is 6.10 Å². The number of likely N-dealkylation sites (tertiary alicyclic amines) is 1. The van der Waals surface area contributed by atoms with Crippen molar-refractivity contribution in [3.8, 4) is 0 Å². The molecule has 3 N–H and O–H groups in total. The van der Waals surface area contributed by atoms with Gasteiger partial charge in [-0.3, -0.25) is 9.59 Å². The van der Waals surface area contributed by atoms with E-state index in [0.717, 1.165) is 51.0 Å². The number of aliphatic hydroxyl groups excluding tert-OH is 1. The maximum atomic E-state index is 13.5. The van der Waals surface area contributed by atoms with Crippen molar-refractivity contribution in [2.75, 3.05) is 32.7 Å². The van der Waals surface area contributed by atoms with Gasteiger partial charge in [0.15, 0.2) is 0 Å². The number of carbonyl (C=O) groups is 2. The number of benzene rings is 2. The highest BCUT2D eigenvalue weighted by Gasteiger charge is 2.41. The molecule has 0 aromatic heterocycles. The molecule has 0 aliphatic carbocycles. The number of nitrogens with one attached hydrogen (secondary N) is 2. The summed E-state index contributed by atoms with van der Waals surface area (Å²) in [5, 5.41) is 18.1. The fourth-order valence-corrected chi connectivity index (χ4v) is 6.71. The Kier molecular flexibility index (Phi) is 7.33. The summed E-state index contributed by atoms with van der Waals surface area (Å²) in [4.78, 5) is 30.6. The Labute approximate surface area is 231 Å². The van der Waals surface area contributed by atoms with E-state index in [9.17, 15) is 14.7 Å². The largest absolute Gasteiger partial charge is 0.390 e. The first-order valence-corrected chi connectivity index (χ1v) is 13.7. The van der Waals surface area contributed by atoms with Gasteiger partial charge in [0, 0.05) is 60.8 Å². The molecule has 38 heavy (non-hydrogen) atoms. The summed E-state index contributed by atoms with van der Waals surface area (Å²) in [5.74, 6) is -0.0127. The second-order valence-electron chi connectivity index (χ2n) is 12.1. The van der Waals surface area contributed by atoms with Crippen LogP contribution >= 0.6 is 12.4 Å². The Bertz CT molecular complexity index is 1220. The normalized spacial score (nSPS) is 24.1. The quantitative estimate of drug-likeness (QED) is 0.557. The predicted molar refractivity (Wildman–Crippen MR) is 150 cm³/mol. The van der Waals surface area contributed by atoms with Crippen LogP contribution in [-0.4, -0.2) is 77.1 Å². The first kappa shape index (κ1) is 27.1. The second-order valence-corrected chi connectivity index (χ2v) is 12.1. The van der Waals surface area contributed by atoms with E-state index < -0.39 is 6.10 Å². The van der Waals surface area contributed by atoms with E-state index in [4.69, 9.17) is 0 Å². The van der Waals surface area contributed by atoms with Crippen LogP contribution in [-0.2, 0) is 18.4 Å². The van der Waals surface area contributed by atoms with Gasteiger partial charge in [-0.15, -0.1) is 12.4 Å². The minimum atomic E-state index is -0.664. The molecule has 7 nitrogen and oxygen atoms in total. The van der Waals surface area contributed by atoms with Crippen molar-refractivity contribution in [3.63, 3.8) is 0 Å². The molecule has 0 saturated carbocycles. The van der Waals surface area contributed by atoms with Crippen molar-refractivity contribution in [1.29, 1.82) is 0 Å². The molecule has 8 heteroatoms. The first-order chi connectivity index (χ1) is 17.7. The van der Waals surface area contributed by atoms with Crippen LogP contribution in [0.3, 0.4) is 0 Å². The smallest absolute Gasteiger partial charge is 0.254 e. The summed E-state index contributed by atoms with van der Waals surface area (Å²) in [6.45, 7) is 8.39. The third-order valence-corrected chi connectivity index (χ3v) is 9.20. The highest BCUT2D eigenvalue weighted by Crippen LogP contribution is 2.36. The molecule has 4 aliphatic rings. The summed E-state index contributed by atoms with van der Waals surface area (Å²) in [5.41, 5.74) is 4.68. The van der Waals surface area contributed by atoms with Gasteiger partial charge in [-0.25, -0.2) is 0 Å². The number of amides is 2. The van der Waals surface area contributed by atoms with Crippen LogP contribution in [0.2, 0.25) is 0 Å². The van der Waals surface area contributed by atoms with E-state index in [1.165, 1.54) is 17.5 Å². The van der Waals surface area contributed by atoms with E-state index in [0.29, 0.717) is 17.7 Å². The molecule has 2 fully saturated rings. The number of halogens is 1. The lowest BCUT2D eigenvalue weighted by Gasteiger charge is -2.49. The summed E-state index contributed by atoms with van der Waals surface area (Å²) >= 11 is 0. The van der Waals surface area contributed by atoms with E-state index >= 15 is 0 Å². The molecule has 2 atom stereocenters. The Hall–Kier alpha value is -2.45. The van der Waals surface area contributed by atoms with Crippen LogP contribution in [0.25, 0.3) is 0 Å². The van der Waals surface area contributed by atoms with Crippen molar-refractivity contribution < 1.29 is 14.7 Å². The number of rotatable bonds is 4. The predicted octanol–water partition coefficient (Wildman–Crippen LogP) is 2.89. The number of piperidine rings is 1. The number of nitrogens with zero attached hydrogens (tertiary/aromatic N) is 2. The number of fused-ring (bicyclic) bond motifs is 2. The van der Waals surface area contributed by atoms with E-state index in [1.807, 2.05) is 29.2 Å². The summed E-state index contributed by atoms with van der Waals surface area (Å²) in [7, 11) is 0. The zero-order chi connectivity index (χ0) is 25.8. The topological polar surface area (TPSA) is 84.9 Å². The van der Waals surface area contributed by atoms with Gasteiger partial charge in [-0.2, -0.15) is 0 Å². The van der Waals surface area contributed by atoms with Crippen LogP contribution in [0.4, 0.5) is 0 Å². The zero-order valence-corrected chi connectivity index (χ0v) is 23.2. The molecular formula is C30H39ClN4O3. The zero-order valence-electron chi connectivity index (χ0n) is 22.3. The molecule has 204 valence electrons. The lowest BCUT2D eigenvalue weighted by molar-refractivity contribution is 0.0443. The average Bonchev–Trinajstić information content (AvgIpc) is 2.89. The van der Waals surface area contributed by atoms with Crippen molar-refractivity contribution in [3.05, 3.63) is 70.3 Å². The second kappa shape index (κ2) is 10.3. The Balaban J connectivity index is 0.00000294. The molecule has 6 rings (SSSR count). The van der Waals surface area contributed by atoms with Gasteiger partial charge >= 0.3 is 0 Å². The third-order valence-electron chi connectivity index (χ3n) is 9.20. The molecule has 0 bridgehead atoms. The van der Waals surface area contributed by atoms with Gasteiger partial charge in [-0.05, 0) is 67.1 Å². The number of carbonyl (C=O) groups excluding carboxylic acids is 2. The maximum absolute atomic E-state index is 13.5. The average molecular weight is 539 g/mol. The SMILES string of the molecule is CC1(C)CN(C[C@@H](O)[C@H]2Cc3ccccc3CN2)C(=O)c2ccc(C(=O)N3CCC4(CCN4)CC3)cc21.Cl. The fourth-order valence-electron chi connectivity index (χ4n) is 6.71. The maximum Gasteiger partial charge on any atom is 0.254 e. The summed E-state index contributed by atoms with van der Waals surface area (Å²) in [6, 6.07) is 13.8. The van der Waals surface area contributed by atoms with Gasteiger partial charge in [-0.1, -0.05) is 38.1 Å². The molecule has 2 saturated heterocycles. The Morgan fingerprint density at radius 3 is 2.50 bits per heavy atom. The molecule has 2 aromatic rings. The standard InChI is InChI=1S/C30H38N4O3.ClH/c1-29(2)19-34(18-26(35)25-16-20-5-3-4-6-22(20)17-31-25)28(37)23-8-7-21(15-24(23)29)27(36)33-13-10-30(11-14-33)9-12-32-30;/h3-8,15,25-26,31-32,35H,9-14,16-19H2,1-2H3;1H/t25-,26-;/m1./s1. The van der Waals surface area contributed by atoms with Crippen molar-refractivity contribution in [2.45, 2.75) is 69.2 Å². The first-order valence-electron chi connectivity index (χ1n) is 13.7. The Morgan fingerprint density at radius 1 is 1.11 bits per heavy atom. The van der Waals surface area contributed by atoms with Crippen LogP contribution in [0.15, 0.2) is 42.5 Å². The highest BCUT2D eigenvalue weighted by molar-refractivity contribution is 6.00. The van der Waals surface area contributed by atoms with Gasteiger partial charge in [0.1, 0.15) is 0 Å². The molecule has 2 aromatic carbocycles. The van der Waals surface area contributed by atoms with Crippen molar-refractivity contribution in [2.24, 2.45) is 0 Å². The molecular weight excluding hydrogens is 500 g/mol. The van der Waals surface area contributed by atoms with Crippen molar-refractivity contribution in [1.82, 2.24) is 20.4 Å². The summed E-state index contributed by atoms with van der Waals surface area (Å²) < 4.78 is 0. The monoisotopic (exact) mass is 538 g/mol. The van der Waals surface area contributed by atoms with Gasteiger partial charge < -0.3 is 25.5 Å². The number of hydrogen-bond donors (Lipinski definition) is 3. The van der Waals surface area contributed by atoms with Crippen LogP contribution in [0.5, 0.6) is 0 Å². The number of hydrogen-bond acceptors (Lipinski definition) is 5. The van der Waals surface area contributed by atoms with Crippen molar-refractivity contribution >= 4 is 24.2 Å².